The number of carbonyl (C=O) groups excluding carboxylic acids is 1. The smallest absolute Gasteiger partial charge is 0.407 e. The third-order valence-electron chi connectivity index (χ3n) is 5.13. The van der Waals surface area contributed by atoms with Gasteiger partial charge in [-0.2, -0.15) is 11.3 Å². The molecule has 2 rings (SSSR count). The summed E-state index contributed by atoms with van der Waals surface area (Å²) in [7, 11) is 1.78. The predicted octanol–water partition coefficient (Wildman–Crippen LogP) is 4.04. The number of nitrogens with zero attached hydrogens (tertiary/aromatic N) is 2. The molecule has 1 aliphatic rings. The van der Waals surface area contributed by atoms with Crippen LogP contribution in [0.3, 0.4) is 0 Å². The second-order valence-corrected chi connectivity index (χ2v) is 10.1. The fraction of sp³-hybridized carbons (Fsp3) is 0.727. The van der Waals surface area contributed by atoms with Crippen molar-refractivity contribution in [2.45, 2.75) is 71.7 Å². The second-order valence-electron chi connectivity index (χ2n) is 9.28. The molecule has 1 aliphatic heterocycles. The van der Waals surface area contributed by atoms with Crippen molar-refractivity contribution >= 4 is 47.4 Å². The summed E-state index contributed by atoms with van der Waals surface area (Å²) in [5, 5.41) is 14.3. The van der Waals surface area contributed by atoms with Crippen LogP contribution in [0.15, 0.2) is 21.8 Å². The number of nitrogens with one attached hydrogen (secondary N) is 3. The number of aliphatic imine (C=N–C) groups is 1. The summed E-state index contributed by atoms with van der Waals surface area (Å²) in [5.41, 5.74) is 0.899. The molecule has 1 saturated heterocycles. The molecular weight excluding hydrogens is 525 g/mol. The van der Waals surface area contributed by atoms with E-state index in [9.17, 15) is 4.79 Å². The van der Waals surface area contributed by atoms with Crippen LogP contribution in [-0.4, -0.2) is 61.3 Å². The molecule has 0 saturated carbocycles. The van der Waals surface area contributed by atoms with E-state index in [0.717, 1.165) is 38.4 Å². The molecule has 9 heteroatoms. The number of alkyl carbamates (subject to hydrolysis) is 1. The number of guanidine groups is 1. The van der Waals surface area contributed by atoms with Gasteiger partial charge in [0.05, 0.1) is 6.04 Å². The zero-order valence-electron chi connectivity index (χ0n) is 19.7. The zero-order valence-corrected chi connectivity index (χ0v) is 22.9. The van der Waals surface area contributed by atoms with E-state index < -0.39 is 5.60 Å². The molecule has 1 aromatic heterocycles. The van der Waals surface area contributed by atoms with Gasteiger partial charge < -0.3 is 20.7 Å². The first-order valence-corrected chi connectivity index (χ1v) is 11.8. The molecule has 1 aromatic rings. The van der Waals surface area contributed by atoms with E-state index in [2.05, 4.69) is 56.5 Å². The van der Waals surface area contributed by atoms with Crippen molar-refractivity contribution < 1.29 is 9.53 Å². The number of hydrogen-bond donors (Lipinski definition) is 3. The summed E-state index contributed by atoms with van der Waals surface area (Å²) in [6.45, 7) is 13.6. The Labute approximate surface area is 208 Å². The molecule has 1 atom stereocenters. The van der Waals surface area contributed by atoms with E-state index in [0.29, 0.717) is 12.6 Å². The molecule has 1 unspecified atom stereocenters. The Hall–Kier alpha value is -1.07. The molecule has 0 bridgehead atoms. The van der Waals surface area contributed by atoms with Crippen molar-refractivity contribution in [3.63, 3.8) is 0 Å². The van der Waals surface area contributed by atoms with Crippen molar-refractivity contribution in [3.8, 4) is 0 Å². The topological polar surface area (TPSA) is 78.0 Å². The van der Waals surface area contributed by atoms with Crippen molar-refractivity contribution in [2.75, 3.05) is 26.7 Å². The average Bonchev–Trinajstić information content (AvgIpc) is 3.16. The minimum absolute atomic E-state index is 0. The normalized spacial score (nSPS) is 17.1. The van der Waals surface area contributed by atoms with Crippen LogP contribution < -0.4 is 16.0 Å². The summed E-state index contributed by atoms with van der Waals surface area (Å²) in [6, 6.07) is 2.56. The molecule has 31 heavy (non-hydrogen) atoms. The fourth-order valence-electron chi connectivity index (χ4n) is 3.38. The van der Waals surface area contributed by atoms with Crippen molar-refractivity contribution in [1.29, 1.82) is 0 Å². The number of rotatable bonds is 7. The van der Waals surface area contributed by atoms with Gasteiger partial charge >= 0.3 is 6.09 Å². The molecule has 178 valence electrons. The second kappa shape index (κ2) is 13.5. The fourth-order valence-corrected chi connectivity index (χ4v) is 4.04. The number of likely N-dealkylation sites (tertiary alicyclic amines) is 1. The van der Waals surface area contributed by atoms with Gasteiger partial charge in [0.25, 0.3) is 0 Å². The molecule has 0 aliphatic carbocycles. The van der Waals surface area contributed by atoms with Crippen LogP contribution in [0.2, 0.25) is 0 Å². The van der Waals surface area contributed by atoms with Crippen LogP contribution >= 0.6 is 35.3 Å². The van der Waals surface area contributed by atoms with Gasteiger partial charge in [0, 0.05) is 39.3 Å². The number of thiophene rings is 1. The molecule has 1 amide bonds. The van der Waals surface area contributed by atoms with Crippen LogP contribution in [0, 0.1) is 5.92 Å². The number of halogens is 1. The van der Waals surface area contributed by atoms with Crippen molar-refractivity contribution in [1.82, 2.24) is 20.9 Å². The number of piperidine rings is 1. The highest BCUT2D eigenvalue weighted by Gasteiger charge is 2.23. The Morgan fingerprint density at radius 3 is 2.52 bits per heavy atom. The Morgan fingerprint density at radius 1 is 1.32 bits per heavy atom. The lowest BCUT2D eigenvalue weighted by Gasteiger charge is -2.33. The van der Waals surface area contributed by atoms with Crippen LogP contribution in [0.25, 0.3) is 0 Å². The molecular formula is C22H40IN5O2S. The number of ether oxygens (including phenoxy) is 1. The first-order chi connectivity index (χ1) is 14.2. The minimum atomic E-state index is -0.505. The Bertz CT molecular complexity index is 668. The van der Waals surface area contributed by atoms with Crippen LogP contribution in [0.5, 0.6) is 0 Å². The number of hydrogen-bond acceptors (Lipinski definition) is 5. The van der Waals surface area contributed by atoms with Crippen LogP contribution in [-0.2, 0) is 11.3 Å². The quantitative estimate of drug-likeness (QED) is 0.264. The highest BCUT2D eigenvalue weighted by atomic mass is 127. The van der Waals surface area contributed by atoms with E-state index in [1.165, 1.54) is 5.56 Å². The standard InChI is InChI=1S/C22H39N5O2S.HI/c1-16(2)19(26-21(28)29-22(3,4)5)13-24-20(23-6)25-18-7-10-27(11-8-18)14-17-9-12-30-15-17;/h9,12,15-16,18-19H,7-8,10-11,13-14H2,1-6H3,(H,26,28)(H2,23,24,25);1H. The highest BCUT2D eigenvalue weighted by molar-refractivity contribution is 14.0. The molecule has 3 N–H and O–H groups in total. The van der Waals surface area contributed by atoms with E-state index in [1.54, 1.807) is 18.4 Å². The summed E-state index contributed by atoms with van der Waals surface area (Å²) >= 11 is 1.76. The van der Waals surface area contributed by atoms with Crippen LogP contribution in [0.1, 0.15) is 53.0 Å². The molecule has 0 radical (unpaired) electrons. The lowest BCUT2D eigenvalue weighted by atomic mass is 10.0. The predicted molar refractivity (Wildman–Crippen MR) is 141 cm³/mol. The third kappa shape index (κ3) is 10.9. The summed E-state index contributed by atoms with van der Waals surface area (Å²) in [4.78, 5) is 19.0. The first kappa shape index (κ1) is 28.0. The van der Waals surface area contributed by atoms with E-state index >= 15 is 0 Å². The van der Waals surface area contributed by atoms with Gasteiger partial charge in [-0.15, -0.1) is 24.0 Å². The maximum Gasteiger partial charge on any atom is 0.407 e. The number of amides is 1. The highest BCUT2D eigenvalue weighted by Crippen LogP contribution is 2.15. The molecule has 0 aromatic carbocycles. The maximum atomic E-state index is 12.1. The van der Waals surface area contributed by atoms with Gasteiger partial charge in [-0.3, -0.25) is 9.89 Å². The lowest BCUT2D eigenvalue weighted by Crippen LogP contribution is -2.53. The molecule has 7 nitrogen and oxygen atoms in total. The van der Waals surface area contributed by atoms with Crippen LogP contribution in [0.4, 0.5) is 4.79 Å². The number of carbonyl (C=O) groups is 1. The van der Waals surface area contributed by atoms with Gasteiger partial charge in [-0.1, -0.05) is 13.8 Å². The zero-order chi connectivity index (χ0) is 22.1. The minimum Gasteiger partial charge on any atom is -0.444 e. The van der Waals surface area contributed by atoms with Gasteiger partial charge in [0.1, 0.15) is 5.60 Å². The Morgan fingerprint density at radius 2 is 2.00 bits per heavy atom. The summed E-state index contributed by atoms with van der Waals surface area (Å²) in [5.74, 6) is 1.05. The Balaban J connectivity index is 0.00000480. The van der Waals surface area contributed by atoms with Crippen molar-refractivity contribution in [3.05, 3.63) is 22.4 Å². The van der Waals surface area contributed by atoms with E-state index in [-0.39, 0.29) is 42.0 Å². The molecule has 1 fully saturated rings. The van der Waals surface area contributed by atoms with E-state index in [1.807, 2.05) is 20.8 Å². The lowest BCUT2D eigenvalue weighted by molar-refractivity contribution is 0.0491. The molecule has 0 spiro atoms. The van der Waals surface area contributed by atoms with Crippen molar-refractivity contribution in [2.24, 2.45) is 10.9 Å². The summed E-state index contributed by atoms with van der Waals surface area (Å²) < 4.78 is 5.39. The van der Waals surface area contributed by atoms with Gasteiger partial charge in [-0.25, -0.2) is 4.79 Å². The van der Waals surface area contributed by atoms with Gasteiger partial charge in [0.15, 0.2) is 5.96 Å². The maximum absolute atomic E-state index is 12.1. The largest absolute Gasteiger partial charge is 0.444 e. The third-order valence-corrected chi connectivity index (χ3v) is 5.87. The van der Waals surface area contributed by atoms with E-state index in [4.69, 9.17) is 4.74 Å². The first-order valence-electron chi connectivity index (χ1n) is 10.9. The monoisotopic (exact) mass is 565 g/mol. The SMILES string of the molecule is CN=C(NCC(NC(=O)OC(C)(C)C)C(C)C)NC1CCN(Cc2ccsc2)CC1.I. The van der Waals surface area contributed by atoms with Gasteiger partial charge in [-0.05, 0) is 61.9 Å². The Kier molecular flexibility index (Phi) is 12.2. The summed E-state index contributed by atoms with van der Waals surface area (Å²) in [6.07, 6.45) is 1.80. The van der Waals surface area contributed by atoms with Gasteiger partial charge in [0.2, 0.25) is 0 Å². The molecule has 2 heterocycles. The average molecular weight is 566 g/mol.